The molecule has 0 spiro atoms. The summed E-state index contributed by atoms with van der Waals surface area (Å²) in [6.07, 6.45) is 0. The molecule has 0 aromatic heterocycles. The normalized spacial score (nSPS) is 10.5. The van der Waals surface area contributed by atoms with Crippen molar-refractivity contribution in [2.75, 3.05) is 18.1 Å². The molecule has 0 atom stereocenters. The summed E-state index contributed by atoms with van der Waals surface area (Å²) in [5, 5.41) is 6.60. The van der Waals surface area contributed by atoms with Gasteiger partial charge in [0.05, 0.1) is 0 Å². The molecule has 0 aliphatic carbocycles. The van der Waals surface area contributed by atoms with Crippen LogP contribution in [0.2, 0.25) is 0 Å². The molecular weight excluding hydrogens is 236 g/mol. The third kappa shape index (κ3) is 3.98. The van der Waals surface area contributed by atoms with Crippen LogP contribution in [0.5, 0.6) is 0 Å². The number of benzene rings is 2. The lowest BCUT2D eigenvalue weighted by Crippen LogP contribution is -2.28. The number of anilines is 2. The number of hydrogen-bond acceptors (Lipinski definition) is 4. The molecule has 6 N–H and O–H groups in total. The summed E-state index contributed by atoms with van der Waals surface area (Å²) in [6, 6.07) is 15.7. The summed E-state index contributed by atoms with van der Waals surface area (Å²) >= 11 is 0. The Morgan fingerprint density at radius 2 is 1.11 bits per heavy atom. The van der Waals surface area contributed by atoms with Gasteiger partial charge in [0.2, 0.25) is 0 Å². The fourth-order valence-electron chi connectivity index (χ4n) is 1.87. The van der Waals surface area contributed by atoms with Crippen LogP contribution >= 0.6 is 0 Å². The Bertz CT molecular complexity index is 478. The first-order valence-corrected chi connectivity index (χ1v) is 6.35. The molecule has 19 heavy (non-hydrogen) atoms. The highest BCUT2D eigenvalue weighted by Gasteiger charge is 1.98. The summed E-state index contributed by atoms with van der Waals surface area (Å²) in [5.74, 6) is 0. The van der Waals surface area contributed by atoms with E-state index >= 15 is 0 Å². The number of para-hydroxylation sites is 2. The lowest BCUT2D eigenvalue weighted by molar-refractivity contribution is 0.583. The Hall–Kier alpha value is -2.04. The van der Waals surface area contributed by atoms with Crippen LogP contribution in [-0.4, -0.2) is 6.67 Å². The van der Waals surface area contributed by atoms with Gasteiger partial charge in [0.25, 0.3) is 0 Å². The highest BCUT2D eigenvalue weighted by Crippen LogP contribution is 2.10. The van der Waals surface area contributed by atoms with Crippen LogP contribution in [0.25, 0.3) is 0 Å². The van der Waals surface area contributed by atoms with Gasteiger partial charge in [0.1, 0.15) is 0 Å². The molecule has 4 heteroatoms. The van der Waals surface area contributed by atoms with Crippen LogP contribution in [0.3, 0.4) is 0 Å². The second-order valence-corrected chi connectivity index (χ2v) is 4.43. The largest absolute Gasteiger partial charge is 0.398 e. The van der Waals surface area contributed by atoms with Crippen LogP contribution in [0.15, 0.2) is 48.5 Å². The Labute approximate surface area is 113 Å². The summed E-state index contributed by atoms with van der Waals surface area (Å²) in [7, 11) is 0. The molecule has 0 amide bonds. The second kappa shape index (κ2) is 6.78. The maximum atomic E-state index is 5.87. The van der Waals surface area contributed by atoms with Crippen LogP contribution < -0.4 is 22.1 Å². The Morgan fingerprint density at radius 1 is 0.684 bits per heavy atom. The average molecular weight is 256 g/mol. The van der Waals surface area contributed by atoms with E-state index in [0.717, 1.165) is 35.6 Å². The van der Waals surface area contributed by atoms with Crippen molar-refractivity contribution in [2.24, 2.45) is 0 Å². The van der Waals surface area contributed by atoms with Crippen molar-refractivity contribution in [3.8, 4) is 0 Å². The molecule has 0 saturated heterocycles. The molecular formula is C15H20N4. The lowest BCUT2D eigenvalue weighted by Gasteiger charge is -2.10. The fourth-order valence-corrected chi connectivity index (χ4v) is 1.87. The van der Waals surface area contributed by atoms with E-state index in [2.05, 4.69) is 10.6 Å². The van der Waals surface area contributed by atoms with Gasteiger partial charge in [-0.3, -0.25) is 0 Å². The zero-order valence-corrected chi connectivity index (χ0v) is 10.9. The van der Waals surface area contributed by atoms with Gasteiger partial charge in [-0.2, -0.15) is 0 Å². The monoisotopic (exact) mass is 256 g/mol. The first-order valence-electron chi connectivity index (χ1n) is 6.35. The minimum atomic E-state index is 0.711. The number of hydrogen-bond donors (Lipinski definition) is 4. The molecule has 0 aliphatic heterocycles. The van der Waals surface area contributed by atoms with Gasteiger partial charge in [0.15, 0.2) is 0 Å². The summed E-state index contributed by atoms with van der Waals surface area (Å²) in [6.45, 7) is 2.22. The van der Waals surface area contributed by atoms with Gasteiger partial charge >= 0.3 is 0 Å². The van der Waals surface area contributed by atoms with Crippen molar-refractivity contribution < 1.29 is 0 Å². The molecule has 2 aromatic rings. The Kier molecular flexibility index (Phi) is 4.78. The van der Waals surface area contributed by atoms with Gasteiger partial charge in [-0.15, -0.1) is 0 Å². The average Bonchev–Trinajstić information content (AvgIpc) is 2.42. The number of nitrogens with two attached hydrogens (primary N) is 2. The molecule has 0 saturated carbocycles. The van der Waals surface area contributed by atoms with Crippen molar-refractivity contribution in [1.82, 2.24) is 10.6 Å². The van der Waals surface area contributed by atoms with Gasteiger partial charge in [-0.25, -0.2) is 0 Å². The highest BCUT2D eigenvalue weighted by atomic mass is 15.1. The van der Waals surface area contributed by atoms with E-state index in [4.69, 9.17) is 11.5 Å². The van der Waals surface area contributed by atoms with Crippen molar-refractivity contribution >= 4 is 11.4 Å². The quantitative estimate of drug-likeness (QED) is 0.360. The second-order valence-electron chi connectivity index (χ2n) is 4.43. The van der Waals surface area contributed by atoms with E-state index in [9.17, 15) is 0 Å². The first-order chi connectivity index (χ1) is 9.27. The zero-order valence-electron chi connectivity index (χ0n) is 10.9. The van der Waals surface area contributed by atoms with E-state index in [1.807, 2.05) is 48.5 Å². The van der Waals surface area contributed by atoms with Gasteiger partial charge in [-0.1, -0.05) is 36.4 Å². The molecule has 0 unspecified atom stereocenters. The Morgan fingerprint density at radius 3 is 1.53 bits per heavy atom. The maximum absolute atomic E-state index is 5.87. The summed E-state index contributed by atoms with van der Waals surface area (Å²) in [4.78, 5) is 0. The van der Waals surface area contributed by atoms with E-state index in [1.165, 1.54) is 0 Å². The Balaban J connectivity index is 1.71. The molecule has 4 nitrogen and oxygen atoms in total. The maximum Gasteiger partial charge on any atom is 0.0459 e. The number of rotatable bonds is 6. The third-order valence-corrected chi connectivity index (χ3v) is 2.99. The van der Waals surface area contributed by atoms with E-state index < -0.39 is 0 Å². The molecule has 0 bridgehead atoms. The molecule has 0 fully saturated rings. The molecule has 100 valence electrons. The molecule has 0 aliphatic rings. The van der Waals surface area contributed by atoms with Gasteiger partial charge in [0, 0.05) is 31.1 Å². The zero-order chi connectivity index (χ0) is 13.5. The van der Waals surface area contributed by atoms with Crippen LogP contribution in [-0.2, 0) is 13.1 Å². The van der Waals surface area contributed by atoms with Crippen molar-refractivity contribution in [3.63, 3.8) is 0 Å². The predicted molar refractivity (Wildman–Crippen MR) is 80.3 cm³/mol. The van der Waals surface area contributed by atoms with E-state index in [1.54, 1.807) is 0 Å². The molecule has 0 radical (unpaired) electrons. The van der Waals surface area contributed by atoms with E-state index in [0.29, 0.717) is 6.67 Å². The smallest absolute Gasteiger partial charge is 0.0459 e. The van der Waals surface area contributed by atoms with Crippen LogP contribution in [0.4, 0.5) is 11.4 Å². The highest BCUT2D eigenvalue weighted by molar-refractivity contribution is 5.46. The number of nitrogens with one attached hydrogen (secondary N) is 2. The topological polar surface area (TPSA) is 76.1 Å². The van der Waals surface area contributed by atoms with Crippen molar-refractivity contribution in [3.05, 3.63) is 59.7 Å². The minimum absolute atomic E-state index is 0.711. The fraction of sp³-hybridized carbons (Fsp3) is 0.200. The SMILES string of the molecule is Nc1ccccc1CNCNCc1ccccc1N. The predicted octanol–water partition coefficient (Wildman–Crippen LogP) is 1.69. The minimum Gasteiger partial charge on any atom is -0.398 e. The van der Waals surface area contributed by atoms with Crippen molar-refractivity contribution in [1.29, 1.82) is 0 Å². The molecule has 0 heterocycles. The molecule has 2 aromatic carbocycles. The van der Waals surface area contributed by atoms with Gasteiger partial charge in [-0.05, 0) is 23.3 Å². The molecule has 2 rings (SSSR count). The van der Waals surface area contributed by atoms with E-state index in [-0.39, 0.29) is 0 Å². The van der Waals surface area contributed by atoms with Crippen LogP contribution in [0.1, 0.15) is 11.1 Å². The standard InChI is InChI=1S/C15H20N4/c16-14-7-3-1-5-12(14)9-18-11-19-10-13-6-2-4-8-15(13)17/h1-8,18-19H,9-11,16-17H2. The van der Waals surface area contributed by atoms with Crippen molar-refractivity contribution in [2.45, 2.75) is 13.1 Å². The lowest BCUT2D eigenvalue weighted by atomic mass is 10.2. The summed E-state index contributed by atoms with van der Waals surface area (Å²) in [5.41, 5.74) is 15.6. The first kappa shape index (κ1) is 13.4. The number of nitrogen functional groups attached to an aromatic ring is 2. The van der Waals surface area contributed by atoms with Crippen LogP contribution in [0, 0.1) is 0 Å². The van der Waals surface area contributed by atoms with Gasteiger partial charge < -0.3 is 22.1 Å². The summed E-state index contributed by atoms with van der Waals surface area (Å²) < 4.78 is 0. The third-order valence-electron chi connectivity index (χ3n) is 2.99.